The molecule has 0 bridgehead atoms. The number of hydrogen-bond acceptors (Lipinski definition) is 9. The monoisotopic (exact) mass is 490 g/mol. The minimum Gasteiger partial charge on any atom is -0.360 e. The van der Waals surface area contributed by atoms with Crippen molar-refractivity contribution in [3.05, 3.63) is 29.8 Å². The molecule has 3 aromatic rings. The van der Waals surface area contributed by atoms with Gasteiger partial charge in [0, 0.05) is 45.5 Å². The van der Waals surface area contributed by atoms with E-state index in [4.69, 9.17) is 4.52 Å². The molecule has 0 saturated carbocycles. The predicted octanol–water partition coefficient (Wildman–Crippen LogP) is 2.05. The van der Waals surface area contributed by atoms with Gasteiger partial charge in [-0.05, 0) is 38.8 Å². The van der Waals surface area contributed by atoms with Gasteiger partial charge in [0.1, 0.15) is 20.9 Å². The second-order valence-electron chi connectivity index (χ2n) is 8.49. The minimum atomic E-state index is -3.75. The zero-order valence-corrected chi connectivity index (χ0v) is 20.2. The number of amides is 1. The quantitative estimate of drug-likeness (QED) is 0.546. The summed E-state index contributed by atoms with van der Waals surface area (Å²) in [5, 5.41) is 4.70. The zero-order valence-electron chi connectivity index (χ0n) is 18.6. The molecule has 33 heavy (non-hydrogen) atoms. The zero-order chi connectivity index (χ0) is 23.2. The van der Waals surface area contributed by atoms with Gasteiger partial charge in [0.15, 0.2) is 10.9 Å². The smallest absolute Gasteiger partial charge is 0.248 e. The first-order chi connectivity index (χ1) is 15.8. The lowest BCUT2D eigenvalue weighted by molar-refractivity contribution is -0.137. The van der Waals surface area contributed by atoms with Crippen LogP contribution in [0.1, 0.15) is 24.3 Å². The molecule has 0 N–H and O–H groups in total. The maximum absolute atomic E-state index is 13.3. The SMILES string of the molecule is Cc1noc(C)c1S(=O)(=O)N1CCCC(C(=O)N2CCN(c3nc4cccnc4s3)CC2)C1. The molecule has 12 heteroatoms. The van der Waals surface area contributed by atoms with Gasteiger partial charge >= 0.3 is 0 Å². The van der Waals surface area contributed by atoms with E-state index in [0.29, 0.717) is 51.3 Å². The summed E-state index contributed by atoms with van der Waals surface area (Å²) in [6.07, 6.45) is 3.11. The van der Waals surface area contributed by atoms with E-state index in [1.807, 2.05) is 17.0 Å². The molecule has 10 nitrogen and oxygen atoms in total. The van der Waals surface area contributed by atoms with Crippen molar-refractivity contribution in [1.29, 1.82) is 0 Å². The van der Waals surface area contributed by atoms with E-state index in [2.05, 4.69) is 20.0 Å². The molecule has 5 rings (SSSR count). The van der Waals surface area contributed by atoms with Crippen LogP contribution >= 0.6 is 11.3 Å². The van der Waals surface area contributed by atoms with E-state index in [-0.39, 0.29) is 29.0 Å². The van der Waals surface area contributed by atoms with E-state index >= 15 is 0 Å². The second-order valence-corrected chi connectivity index (χ2v) is 11.3. The van der Waals surface area contributed by atoms with Crippen LogP contribution in [0, 0.1) is 19.8 Å². The Labute approximate surface area is 196 Å². The van der Waals surface area contributed by atoms with Gasteiger partial charge in [-0.1, -0.05) is 16.5 Å². The number of hydrogen-bond donors (Lipinski definition) is 0. The summed E-state index contributed by atoms with van der Waals surface area (Å²) in [5.41, 5.74) is 1.24. The molecule has 1 unspecified atom stereocenters. The number of piperazine rings is 1. The summed E-state index contributed by atoms with van der Waals surface area (Å²) < 4.78 is 32.9. The first-order valence-electron chi connectivity index (χ1n) is 11.0. The molecular formula is C21H26N6O4S2. The van der Waals surface area contributed by atoms with Gasteiger partial charge in [0.05, 0.1) is 5.92 Å². The predicted molar refractivity (Wildman–Crippen MR) is 124 cm³/mol. The highest BCUT2D eigenvalue weighted by atomic mass is 32.2. The van der Waals surface area contributed by atoms with Crippen molar-refractivity contribution in [3.8, 4) is 0 Å². The first-order valence-corrected chi connectivity index (χ1v) is 13.3. The van der Waals surface area contributed by atoms with E-state index in [1.54, 1.807) is 31.4 Å². The van der Waals surface area contributed by atoms with Gasteiger partial charge in [0.25, 0.3) is 0 Å². The van der Waals surface area contributed by atoms with Crippen LogP contribution in [0.3, 0.4) is 0 Å². The normalized spacial score (nSPS) is 20.5. The highest BCUT2D eigenvalue weighted by Crippen LogP contribution is 2.30. The van der Waals surface area contributed by atoms with Crippen LogP contribution in [-0.4, -0.2) is 77.9 Å². The Kier molecular flexibility index (Phi) is 5.83. The number of aryl methyl sites for hydroxylation is 2. The van der Waals surface area contributed by atoms with Crippen molar-refractivity contribution in [2.24, 2.45) is 5.92 Å². The highest BCUT2D eigenvalue weighted by Gasteiger charge is 2.38. The molecule has 176 valence electrons. The van der Waals surface area contributed by atoms with Gasteiger partial charge in [0.2, 0.25) is 15.9 Å². The number of fused-ring (bicyclic) bond motifs is 1. The molecular weight excluding hydrogens is 464 g/mol. The van der Waals surface area contributed by atoms with Crippen molar-refractivity contribution < 1.29 is 17.7 Å². The van der Waals surface area contributed by atoms with Crippen LogP contribution in [0.2, 0.25) is 0 Å². The number of piperidine rings is 1. The Balaban J connectivity index is 1.24. The fourth-order valence-electron chi connectivity index (χ4n) is 4.60. The number of anilines is 1. The molecule has 1 atom stereocenters. The molecule has 1 amide bonds. The van der Waals surface area contributed by atoms with E-state index in [1.165, 1.54) is 4.31 Å². The summed E-state index contributed by atoms with van der Waals surface area (Å²) in [4.78, 5) is 27.4. The van der Waals surface area contributed by atoms with Gasteiger partial charge in [-0.15, -0.1) is 0 Å². The topological polar surface area (TPSA) is 113 Å². The first kappa shape index (κ1) is 22.2. The number of rotatable bonds is 4. The average molecular weight is 491 g/mol. The summed E-state index contributed by atoms with van der Waals surface area (Å²) in [6.45, 7) is 6.38. The standard InChI is InChI=1S/C21H26N6O4S2/c1-14-18(15(2)31-24-14)33(29,30)27-8-4-5-16(13-27)20(28)25-9-11-26(12-10-25)21-23-17-6-3-7-22-19(17)32-21/h3,6-7,16H,4-5,8-13H2,1-2H3. The summed E-state index contributed by atoms with van der Waals surface area (Å²) in [5.74, 6) is -0.0337. The van der Waals surface area contributed by atoms with Crippen LogP contribution < -0.4 is 4.90 Å². The van der Waals surface area contributed by atoms with Crippen molar-refractivity contribution in [2.45, 2.75) is 31.6 Å². The number of pyridine rings is 1. The van der Waals surface area contributed by atoms with Gasteiger partial charge in [-0.3, -0.25) is 4.79 Å². The van der Waals surface area contributed by atoms with Crippen molar-refractivity contribution >= 4 is 42.7 Å². The van der Waals surface area contributed by atoms with Crippen molar-refractivity contribution in [3.63, 3.8) is 0 Å². The lowest BCUT2D eigenvalue weighted by Gasteiger charge is -2.38. The number of carbonyl (C=O) groups excluding carboxylic acids is 1. The third kappa shape index (κ3) is 4.11. The van der Waals surface area contributed by atoms with E-state index < -0.39 is 10.0 Å². The lowest BCUT2D eigenvalue weighted by atomic mass is 9.98. The Morgan fingerprint density at radius 1 is 1.18 bits per heavy atom. The molecule has 0 aromatic carbocycles. The molecule has 2 saturated heterocycles. The number of carbonyl (C=O) groups is 1. The van der Waals surface area contributed by atoms with Crippen molar-refractivity contribution in [1.82, 2.24) is 24.3 Å². The van der Waals surface area contributed by atoms with Crippen LogP contribution in [-0.2, 0) is 14.8 Å². The molecule has 2 aliphatic heterocycles. The van der Waals surface area contributed by atoms with Crippen LogP contribution in [0.15, 0.2) is 27.7 Å². The Morgan fingerprint density at radius 2 is 1.97 bits per heavy atom. The lowest BCUT2D eigenvalue weighted by Crippen LogP contribution is -2.53. The molecule has 2 fully saturated rings. The molecule has 0 radical (unpaired) electrons. The van der Waals surface area contributed by atoms with Gasteiger partial charge < -0.3 is 14.3 Å². The fraction of sp³-hybridized carbons (Fsp3) is 0.524. The Bertz CT molecular complexity index is 1230. The summed E-state index contributed by atoms with van der Waals surface area (Å²) in [7, 11) is -3.75. The van der Waals surface area contributed by atoms with E-state index in [0.717, 1.165) is 15.5 Å². The maximum atomic E-state index is 13.3. The van der Waals surface area contributed by atoms with Crippen LogP contribution in [0.4, 0.5) is 5.13 Å². The maximum Gasteiger partial charge on any atom is 0.248 e. The van der Waals surface area contributed by atoms with E-state index in [9.17, 15) is 13.2 Å². The minimum absolute atomic E-state index is 0.0271. The Hall–Kier alpha value is -2.57. The van der Waals surface area contributed by atoms with Gasteiger partial charge in [-0.25, -0.2) is 18.4 Å². The number of nitrogens with zero attached hydrogens (tertiary/aromatic N) is 6. The summed E-state index contributed by atoms with van der Waals surface area (Å²) >= 11 is 1.56. The molecule has 2 aliphatic rings. The van der Waals surface area contributed by atoms with Crippen LogP contribution in [0.25, 0.3) is 10.3 Å². The number of thiazole rings is 1. The summed E-state index contributed by atoms with van der Waals surface area (Å²) in [6, 6.07) is 3.83. The molecule has 3 aromatic heterocycles. The third-order valence-electron chi connectivity index (χ3n) is 6.32. The van der Waals surface area contributed by atoms with Crippen LogP contribution in [0.5, 0.6) is 0 Å². The number of sulfonamides is 1. The molecule has 5 heterocycles. The number of aromatic nitrogens is 3. The third-order valence-corrected chi connectivity index (χ3v) is 9.47. The largest absolute Gasteiger partial charge is 0.360 e. The second kappa shape index (κ2) is 8.65. The van der Waals surface area contributed by atoms with Gasteiger partial charge in [-0.2, -0.15) is 4.31 Å². The average Bonchev–Trinajstić information content (AvgIpc) is 3.41. The Morgan fingerprint density at radius 3 is 2.67 bits per heavy atom. The molecule has 0 aliphatic carbocycles. The highest BCUT2D eigenvalue weighted by molar-refractivity contribution is 7.89. The van der Waals surface area contributed by atoms with Crippen molar-refractivity contribution in [2.75, 3.05) is 44.2 Å². The molecule has 0 spiro atoms. The fourth-order valence-corrected chi connectivity index (χ4v) is 7.38.